The molecule has 1 saturated heterocycles. The van der Waals surface area contributed by atoms with E-state index in [0.717, 1.165) is 11.1 Å². The van der Waals surface area contributed by atoms with Crippen molar-refractivity contribution in [2.45, 2.75) is 25.6 Å². The molecule has 1 aliphatic rings. The molecule has 0 radical (unpaired) electrons. The van der Waals surface area contributed by atoms with Crippen LogP contribution in [0.15, 0.2) is 48.5 Å². The van der Waals surface area contributed by atoms with Crippen LogP contribution >= 0.6 is 0 Å². The lowest BCUT2D eigenvalue weighted by atomic mass is 10.1. The van der Waals surface area contributed by atoms with Crippen LogP contribution < -0.4 is 4.90 Å². The average molecular weight is 328 g/mol. The number of likely N-dealkylation sites (N-methyl/N-ethyl adjacent to an activating group) is 1. The molecule has 1 unspecified atom stereocenters. The molecule has 2 aromatic carbocycles. The van der Waals surface area contributed by atoms with Gasteiger partial charge in [0.2, 0.25) is 5.91 Å². The predicted octanol–water partition coefficient (Wildman–Crippen LogP) is 2.56. The van der Waals surface area contributed by atoms with Gasteiger partial charge in [-0.15, -0.1) is 0 Å². The maximum Gasteiger partial charge on any atom is 0.244 e. The summed E-state index contributed by atoms with van der Waals surface area (Å²) in [5.74, 6) is -0.427. The Balaban J connectivity index is 1.69. The van der Waals surface area contributed by atoms with Gasteiger partial charge in [-0.05, 0) is 36.7 Å². The number of carbonyl (C=O) groups is 1. The number of para-hydroxylation sites is 1. The molecule has 0 saturated carbocycles. The lowest BCUT2D eigenvalue weighted by Crippen LogP contribution is -2.39. The number of benzene rings is 2. The van der Waals surface area contributed by atoms with Crippen LogP contribution in [-0.4, -0.2) is 35.5 Å². The van der Waals surface area contributed by atoms with Crippen molar-refractivity contribution in [1.29, 1.82) is 0 Å². The number of halogens is 1. The number of aliphatic hydroxyl groups is 1. The summed E-state index contributed by atoms with van der Waals surface area (Å²) in [6.07, 6.45) is 0.679. The third kappa shape index (κ3) is 3.32. The first-order chi connectivity index (χ1) is 11.6. The second kappa shape index (κ2) is 7.11. The summed E-state index contributed by atoms with van der Waals surface area (Å²) in [6.45, 7) is 1.18. The molecule has 5 heteroatoms. The summed E-state index contributed by atoms with van der Waals surface area (Å²) in [5, 5.41) is 9.09. The Hall–Kier alpha value is -2.24. The molecule has 1 heterocycles. The SMILES string of the molecule is CN(Cc1ccc(CO)cc1)C1CCN(c2ccccc2F)C1=O. The molecule has 0 aromatic heterocycles. The first-order valence-corrected chi connectivity index (χ1v) is 8.05. The fourth-order valence-corrected chi connectivity index (χ4v) is 3.13. The van der Waals surface area contributed by atoms with E-state index in [1.807, 2.05) is 36.2 Å². The van der Waals surface area contributed by atoms with Gasteiger partial charge in [0.05, 0.1) is 18.3 Å². The molecule has 1 aliphatic heterocycles. The van der Waals surface area contributed by atoms with E-state index >= 15 is 0 Å². The van der Waals surface area contributed by atoms with E-state index in [0.29, 0.717) is 25.2 Å². The summed E-state index contributed by atoms with van der Waals surface area (Å²) in [4.78, 5) is 16.2. The largest absolute Gasteiger partial charge is 0.392 e. The van der Waals surface area contributed by atoms with Crippen molar-refractivity contribution in [3.05, 3.63) is 65.5 Å². The van der Waals surface area contributed by atoms with Gasteiger partial charge in [-0.2, -0.15) is 0 Å². The Kier molecular flexibility index (Phi) is 4.92. The van der Waals surface area contributed by atoms with E-state index in [4.69, 9.17) is 5.11 Å². The number of anilines is 1. The van der Waals surface area contributed by atoms with Crippen LogP contribution in [0, 0.1) is 5.82 Å². The third-order valence-electron chi connectivity index (χ3n) is 4.49. The number of amides is 1. The zero-order chi connectivity index (χ0) is 17.1. The topological polar surface area (TPSA) is 43.8 Å². The summed E-state index contributed by atoms with van der Waals surface area (Å²) in [5.41, 5.74) is 2.29. The number of nitrogens with zero attached hydrogens (tertiary/aromatic N) is 2. The molecular weight excluding hydrogens is 307 g/mol. The Labute approximate surface area is 141 Å². The fourth-order valence-electron chi connectivity index (χ4n) is 3.13. The van der Waals surface area contributed by atoms with E-state index in [1.165, 1.54) is 11.0 Å². The molecule has 0 spiro atoms. The summed E-state index contributed by atoms with van der Waals surface area (Å²) in [6, 6.07) is 13.8. The summed E-state index contributed by atoms with van der Waals surface area (Å²) < 4.78 is 13.9. The van der Waals surface area contributed by atoms with Crippen molar-refractivity contribution >= 4 is 11.6 Å². The predicted molar refractivity (Wildman–Crippen MR) is 91.0 cm³/mol. The zero-order valence-electron chi connectivity index (χ0n) is 13.7. The van der Waals surface area contributed by atoms with Crippen molar-refractivity contribution in [1.82, 2.24) is 4.90 Å². The van der Waals surface area contributed by atoms with E-state index in [1.54, 1.807) is 18.2 Å². The second-order valence-corrected chi connectivity index (χ2v) is 6.14. The molecule has 0 bridgehead atoms. The van der Waals surface area contributed by atoms with Gasteiger partial charge in [-0.3, -0.25) is 9.69 Å². The van der Waals surface area contributed by atoms with Gasteiger partial charge in [0.25, 0.3) is 0 Å². The van der Waals surface area contributed by atoms with Crippen LogP contribution in [-0.2, 0) is 17.9 Å². The standard InChI is InChI=1S/C19H21FN2O2/c1-21(12-14-6-8-15(13-23)9-7-14)18-10-11-22(19(18)24)17-5-3-2-4-16(17)20/h2-9,18,23H,10-13H2,1H3. The quantitative estimate of drug-likeness (QED) is 0.917. The number of hydrogen-bond acceptors (Lipinski definition) is 3. The van der Waals surface area contributed by atoms with E-state index in [9.17, 15) is 9.18 Å². The van der Waals surface area contributed by atoms with Crippen molar-refractivity contribution < 1.29 is 14.3 Å². The highest BCUT2D eigenvalue weighted by molar-refractivity contribution is 5.99. The maximum absolute atomic E-state index is 13.9. The molecule has 1 fully saturated rings. The highest BCUT2D eigenvalue weighted by Gasteiger charge is 2.36. The molecule has 1 atom stereocenters. The summed E-state index contributed by atoms with van der Waals surface area (Å²) >= 11 is 0. The molecule has 1 amide bonds. The minimum atomic E-state index is -0.367. The number of hydrogen-bond donors (Lipinski definition) is 1. The van der Waals surface area contributed by atoms with Crippen LogP contribution in [0.1, 0.15) is 17.5 Å². The van der Waals surface area contributed by atoms with Gasteiger partial charge in [0.1, 0.15) is 5.82 Å². The molecular formula is C19H21FN2O2. The van der Waals surface area contributed by atoms with Crippen LogP contribution in [0.5, 0.6) is 0 Å². The lowest BCUT2D eigenvalue weighted by Gasteiger charge is -2.24. The molecule has 4 nitrogen and oxygen atoms in total. The molecule has 3 rings (SSSR count). The Morgan fingerprint density at radius 1 is 1.17 bits per heavy atom. The van der Waals surface area contributed by atoms with Crippen LogP contribution in [0.3, 0.4) is 0 Å². The highest BCUT2D eigenvalue weighted by atomic mass is 19.1. The molecule has 1 N–H and O–H groups in total. The van der Waals surface area contributed by atoms with Gasteiger partial charge in [0.15, 0.2) is 0 Å². The number of aliphatic hydroxyl groups excluding tert-OH is 1. The smallest absolute Gasteiger partial charge is 0.244 e. The summed E-state index contributed by atoms with van der Waals surface area (Å²) in [7, 11) is 1.91. The van der Waals surface area contributed by atoms with Gasteiger partial charge in [-0.25, -0.2) is 4.39 Å². The van der Waals surface area contributed by atoms with Crippen molar-refractivity contribution in [2.75, 3.05) is 18.5 Å². The molecule has 24 heavy (non-hydrogen) atoms. The highest BCUT2D eigenvalue weighted by Crippen LogP contribution is 2.26. The van der Waals surface area contributed by atoms with Crippen molar-refractivity contribution in [2.24, 2.45) is 0 Å². The van der Waals surface area contributed by atoms with Crippen molar-refractivity contribution in [3.8, 4) is 0 Å². The second-order valence-electron chi connectivity index (χ2n) is 6.14. The van der Waals surface area contributed by atoms with Gasteiger partial charge in [0, 0.05) is 13.1 Å². The monoisotopic (exact) mass is 328 g/mol. The first-order valence-electron chi connectivity index (χ1n) is 8.05. The lowest BCUT2D eigenvalue weighted by molar-refractivity contribution is -0.121. The van der Waals surface area contributed by atoms with Crippen LogP contribution in [0.4, 0.5) is 10.1 Å². The molecule has 2 aromatic rings. The molecule has 126 valence electrons. The zero-order valence-corrected chi connectivity index (χ0v) is 13.7. The van der Waals surface area contributed by atoms with E-state index in [2.05, 4.69) is 0 Å². The third-order valence-corrected chi connectivity index (χ3v) is 4.49. The average Bonchev–Trinajstić information content (AvgIpc) is 2.97. The Morgan fingerprint density at radius 3 is 2.50 bits per heavy atom. The number of rotatable bonds is 5. The molecule has 0 aliphatic carbocycles. The van der Waals surface area contributed by atoms with E-state index in [-0.39, 0.29) is 24.4 Å². The van der Waals surface area contributed by atoms with Gasteiger partial charge >= 0.3 is 0 Å². The van der Waals surface area contributed by atoms with Gasteiger partial charge in [-0.1, -0.05) is 36.4 Å². The number of carbonyl (C=O) groups excluding carboxylic acids is 1. The Morgan fingerprint density at radius 2 is 1.83 bits per heavy atom. The minimum absolute atomic E-state index is 0.0226. The Bertz CT molecular complexity index is 718. The first kappa shape index (κ1) is 16.6. The van der Waals surface area contributed by atoms with Crippen LogP contribution in [0.2, 0.25) is 0 Å². The van der Waals surface area contributed by atoms with E-state index < -0.39 is 0 Å². The van der Waals surface area contributed by atoms with Crippen LogP contribution in [0.25, 0.3) is 0 Å². The maximum atomic E-state index is 13.9. The van der Waals surface area contributed by atoms with Gasteiger partial charge < -0.3 is 10.0 Å². The minimum Gasteiger partial charge on any atom is -0.392 e. The normalized spacial score (nSPS) is 17.8. The fraction of sp³-hybridized carbons (Fsp3) is 0.316. The van der Waals surface area contributed by atoms with Crippen molar-refractivity contribution in [3.63, 3.8) is 0 Å².